The fourth-order valence-corrected chi connectivity index (χ4v) is 5.42. The molecule has 0 spiro atoms. The molecule has 0 rings (SSSR count). The molecule has 0 aromatic heterocycles. The number of esters is 1. The number of amides is 1. The van der Waals surface area contributed by atoms with Crippen LogP contribution in [-0.2, 0) is 19.2 Å². The Morgan fingerprint density at radius 2 is 0.925 bits per heavy atom. The van der Waals surface area contributed by atoms with Crippen LogP contribution in [0.4, 0.5) is 0 Å². The van der Waals surface area contributed by atoms with E-state index in [-0.39, 0.29) is 17.8 Å². The van der Waals surface area contributed by atoms with Gasteiger partial charge in [0.15, 0.2) is 0 Å². The molecule has 40 heavy (non-hydrogen) atoms. The number of nitrogens with zero attached hydrogens (tertiary/aromatic N) is 1. The number of rotatable bonds is 31. The smallest absolute Gasteiger partial charge is 0.308 e. The van der Waals surface area contributed by atoms with Gasteiger partial charge >= 0.3 is 5.97 Å². The molecule has 1 unspecified atom stereocenters. The molecule has 0 aromatic carbocycles. The standard InChI is InChI=1S/C35H69NO4/c1-5-7-9-11-13-15-17-19-21-23-25-29-33(30-26-27-31-34(37)36(3)39-4)35(38)40-32-28-24-22-20-18-16-14-12-10-8-6-2/h33H,5-32H2,1-4H3. The molecule has 0 aliphatic heterocycles. The lowest BCUT2D eigenvalue weighted by Gasteiger charge is -2.17. The first-order valence-corrected chi connectivity index (χ1v) is 17.5. The van der Waals surface area contributed by atoms with Crippen molar-refractivity contribution in [1.29, 1.82) is 0 Å². The molecule has 0 aliphatic rings. The van der Waals surface area contributed by atoms with Crippen LogP contribution in [0.2, 0.25) is 0 Å². The fraction of sp³-hybridized carbons (Fsp3) is 0.943. The van der Waals surface area contributed by atoms with E-state index >= 15 is 0 Å². The molecule has 0 aromatic rings. The van der Waals surface area contributed by atoms with Crippen molar-refractivity contribution in [3.8, 4) is 0 Å². The number of carbonyl (C=O) groups is 2. The Bertz CT molecular complexity index is 554. The second-order valence-electron chi connectivity index (χ2n) is 12.0. The van der Waals surface area contributed by atoms with Gasteiger partial charge in [-0.25, -0.2) is 5.06 Å². The number of hydroxylamine groups is 2. The van der Waals surface area contributed by atoms with Gasteiger partial charge < -0.3 is 4.74 Å². The van der Waals surface area contributed by atoms with Gasteiger partial charge in [0.1, 0.15) is 0 Å². The first-order chi connectivity index (χ1) is 19.6. The summed E-state index contributed by atoms with van der Waals surface area (Å²) in [6.07, 6.45) is 32.6. The molecule has 0 radical (unpaired) electrons. The number of hydrogen-bond donors (Lipinski definition) is 0. The highest BCUT2D eigenvalue weighted by Gasteiger charge is 2.20. The van der Waals surface area contributed by atoms with Crippen molar-refractivity contribution >= 4 is 11.9 Å². The second kappa shape index (κ2) is 30.8. The Kier molecular flexibility index (Phi) is 30.0. The molecule has 0 saturated carbocycles. The molecule has 5 heteroatoms. The van der Waals surface area contributed by atoms with Crippen molar-refractivity contribution in [3.05, 3.63) is 0 Å². The average molecular weight is 568 g/mol. The van der Waals surface area contributed by atoms with E-state index < -0.39 is 0 Å². The SMILES string of the molecule is CCCCCCCCCCCCCOC(=O)C(CCCCCCCCCCCCC)CCCCC(=O)N(C)OC. The minimum absolute atomic E-state index is 0.0107. The Morgan fingerprint density at radius 1 is 0.550 bits per heavy atom. The van der Waals surface area contributed by atoms with E-state index in [4.69, 9.17) is 9.57 Å². The predicted octanol–water partition coefficient (Wildman–Crippen LogP) is 10.7. The Balaban J connectivity index is 4.12. The lowest BCUT2D eigenvalue weighted by atomic mass is 9.94. The van der Waals surface area contributed by atoms with Crippen LogP contribution in [0.15, 0.2) is 0 Å². The monoisotopic (exact) mass is 568 g/mol. The number of ether oxygens (including phenoxy) is 1. The van der Waals surface area contributed by atoms with Gasteiger partial charge in [-0.15, -0.1) is 0 Å². The highest BCUT2D eigenvalue weighted by molar-refractivity contribution is 5.74. The van der Waals surface area contributed by atoms with Crippen LogP contribution in [0, 0.1) is 5.92 Å². The molecule has 1 amide bonds. The largest absolute Gasteiger partial charge is 0.465 e. The third-order valence-corrected chi connectivity index (χ3v) is 8.30. The average Bonchev–Trinajstić information content (AvgIpc) is 2.96. The summed E-state index contributed by atoms with van der Waals surface area (Å²) in [6.45, 7) is 5.10. The summed E-state index contributed by atoms with van der Waals surface area (Å²) in [7, 11) is 3.15. The van der Waals surface area contributed by atoms with Gasteiger partial charge in [0.25, 0.3) is 0 Å². The van der Waals surface area contributed by atoms with Crippen LogP contribution in [0.25, 0.3) is 0 Å². The van der Waals surface area contributed by atoms with E-state index in [0.717, 1.165) is 44.9 Å². The number of hydrogen-bond acceptors (Lipinski definition) is 4. The third-order valence-electron chi connectivity index (χ3n) is 8.30. The zero-order valence-electron chi connectivity index (χ0n) is 27.5. The van der Waals surface area contributed by atoms with Gasteiger partial charge in [0.2, 0.25) is 5.91 Å². The summed E-state index contributed by atoms with van der Waals surface area (Å²) in [5.74, 6) is -0.0514. The van der Waals surface area contributed by atoms with E-state index in [0.29, 0.717) is 13.0 Å². The molecule has 0 heterocycles. The normalized spacial score (nSPS) is 12.0. The van der Waals surface area contributed by atoms with E-state index in [1.807, 2.05) is 0 Å². The summed E-state index contributed by atoms with van der Waals surface area (Å²) in [4.78, 5) is 29.9. The second-order valence-corrected chi connectivity index (χ2v) is 12.0. The van der Waals surface area contributed by atoms with Crippen molar-refractivity contribution in [3.63, 3.8) is 0 Å². The van der Waals surface area contributed by atoms with E-state index in [1.165, 1.54) is 134 Å². The van der Waals surface area contributed by atoms with Gasteiger partial charge in [-0.3, -0.25) is 14.4 Å². The molecule has 0 saturated heterocycles. The highest BCUT2D eigenvalue weighted by Crippen LogP contribution is 2.21. The maximum atomic E-state index is 12.9. The first kappa shape index (κ1) is 38.9. The van der Waals surface area contributed by atoms with Crippen molar-refractivity contribution in [2.24, 2.45) is 5.92 Å². The van der Waals surface area contributed by atoms with Gasteiger partial charge in [-0.05, 0) is 25.7 Å². The van der Waals surface area contributed by atoms with Crippen LogP contribution < -0.4 is 0 Å². The number of carbonyl (C=O) groups excluding carboxylic acids is 2. The summed E-state index contributed by atoms with van der Waals surface area (Å²) in [6, 6.07) is 0. The predicted molar refractivity (Wildman–Crippen MR) is 170 cm³/mol. The molecular weight excluding hydrogens is 498 g/mol. The molecule has 1 atom stereocenters. The molecular formula is C35H69NO4. The van der Waals surface area contributed by atoms with Crippen molar-refractivity contribution in [2.45, 2.75) is 187 Å². The van der Waals surface area contributed by atoms with Crippen LogP contribution >= 0.6 is 0 Å². The van der Waals surface area contributed by atoms with E-state index in [2.05, 4.69) is 13.8 Å². The lowest BCUT2D eigenvalue weighted by Crippen LogP contribution is -2.25. The van der Waals surface area contributed by atoms with Crippen LogP contribution in [0.3, 0.4) is 0 Å². The van der Waals surface area contributed by atoms with Crippen molar-refractivity contribution in [2.75, 3.05) is 20.8 Å². The maximum Gasteiger partial charge on any atom is 0.308 e. The number of unbranched alkanes of at least 4 members (excludes halogenated alkanes) is 21. The molecule has 0 bridgehead atoms. The van der Waals surface area contributed by atoms with Crippen molar-refractivity contribution in [1.82, 2.24) is 5.06 Å². The summed E-state index contributed by atoms with van der Waals surface area (Å²) in [5.41, 5.74) is 0. The minimum atomic E-state index is -0.0264. The molecule has 238 valence electrons. The van der Waals surface area contributed by atoms with E-state index in [9.17, 15) is 9.59 Å². The lowest BCUT2D eigenvalue weighted by molar-refractivity contribution is -0.168. The van der Waals surface area contributed by atoms with Gasteiger partial charge in [0, 0.05) is 13.5 Å². The zero-order valence-corrected chi connectivity index (χ0v) is 27.5. The van der Waals surface area contributed by atoms with Gasteiger partial charge in [-0.2, -0.15) is 0 Å². The van der Waals surface area contributed by atoms with Gasteiger partial charge in [0.05, 0.1) is 19.6 Å². The third kappa shape index (κ3) is 25.8. The summed E-state index contributed by atoms with van der Waals surface area (Å²) in [5, 5.41) is 1.28. The summed E-state index contributed by atoms with van der Waals surface area (Å²) < 4.78 is 5.74. The quantitative estimate of drug-likeness (QED) is 0.0475. The van der Waals surface area contributed by atoms with Crippen LogP contribution in [0.1, 0.15) is 187 Å². The summed E-state index contributed by atoms with van der Waals surface area (Å²) >= 11 is 0. The fourth-order valence-electron chi connectivity index (χ4n) is 5.42. The highest BCUT2D eigenvalue weighted by atomic mass is 16.7. The van der Waals surface area contributed by atoms with Crippen LogP contribution in [-0.4, -0.2) is 37.7 Å². The minimum Gasteiger partial charge on any atom is -0.465 e. The Morgan fingerprint density at radius 3 is 1.35 bits per heavy atom. The Labute approximate surface area is 249 Å². The van der Waals surface area contributed by atoms with E-state index in [1.54, 1.807) is 7.05 Å². The van der Waals surface area contributed by atoms with Crippen molar-refractivity contribution < 1.29 is 19.2 Å². The molecule has 0 fully saturated rings. The zero-order chi connectivity index (χ0) is 29.5. The first-order valence-electron chi connectivity index (χ1n) is 17.5. The topological polar surface area (TPSA) is 55.8 Å². The Hall–Kier alpha value is -1.10. The molecule has 0 aliphatic carbocycles. The maximum absolute atomic E-state index is 12.9. The van der Waals surface area contributed by atoms with Crippen LogP contribution in [0.5, 0.6) is 0 Å². The molecule has 0 N–H and O–H groups in total. The molecule has 5 nitrogen and oxygen atoms in total. The van der Waals surface area contributed by atoms with Gasteiger partial charge in [-0.1, -0.05) is 155 Å².